The Bertz CT molecular complexity index is 1120. The average molecular weight is 503 g/mol. The van der Waals surface area contributed by atoms with Crippen LogP contribution in [0.1, 0.15) is 93.7 Å². The predicted molar refractivity (Wildman–Crippen MR) is 132 cm³/mol. The van der Waals surface area contributed by atoms with Crippen molar-refractivity contribution in [3.05, 3.63) is 64.2 Å². The lowest BCUT2D eigenvalue weighted by Crippen LogP contribution is -2.23. The molecule has 194 valence electrons. The van der Waals surface area contributed by atoms with Crippen molar-refractivity contribution in [2.75, 3.05) is 6.61 Å². The number of benzene rings is 2. The molecular formula is C30H34F4O2. The van der Waals surface area contributed by atoms with Gasteiger partial charge >= 0.3 is 0 Å². The quantitative estimate of drug-likeness (QED) is 0.337. The largest absolute Gasteiger partial charge is 0.491 e. The molecular weight excluding hydrogens is 468 g/mol. The summed E-state index contributed by atoms with van der Waals surface area (Å²) in [6.45, 7) is 3.72. The van der Waals surface area contributed by atoms with Gasteiger partial charge in [0.05, 0.1) is 18.3 Å². The highest BCUT2D eigenvalue weighted by atomic mass is 19.2. The zero-order chi connectivity index (χ0) is 25.8. The molecule has 1 atom stereocenters. The van der Waals surface area contributed by atoms with E-state index in [1.807, 2.05) is 0 Å². The van der Waals surface area contributed by atoms with Crippen molar-refractivity contribution in [1.82, 2.24) is 0 Å². The van der Waals surface area contributed by atoms with Crippen LogP contribution in [-0.2, 0) is 0 Å². The zero-order valence-electron chi connectivity index (χ0n) is 20.9. The van der Waals surface area contributed by atoms with Gasteiger partial charge in [-0.3, -0.25) is 0 Å². The van der Waals surface area contributed by atoms with E-state index in [9.17, 15) is 13.9 Å². The van der Waals surface area contributed by atoms with Gasteiger partial charge < -0.3 is 9.84 Å². The summed E-state index contributed by atoms with van der Waals surface area (Å²) in [6.07, 6.45) is 5.49. The van der Waals surface area contributed by atoms with Gasteiger partial charge in [0.15, 0.2) is 23.2 Å². The first kappa shape index (κ1) is 26.5. The minimum Gasteiger partial charge on any atom is -0.491 e. The average Bonchev–Trinajstić information content (AvgIpc) is 2.88. The highest BCUT2D eigenvalue weighted by Gasteiger charge is 2.30. The van der Waals surface area contributed by atoms with E-state index in [1.54, 1.807) is 26.0 Å². The molecule has 2 fully saturated rings. The zero-order valence-corrected chi connectivity index (χ0v) is 20.9. The number of hydrogen-bond acceptors (Lipinski definition) is 2. The van der Waals surface area contributed by atoms with E-state index in [-0.39, 0.29) is 47.7 Å². The van der Waals surface area contributed by atoms with Gasteiger partial charge in [-0.15, -0.1) is 0 Å². The van der Waals surface area contributed by atoms with Crippen LogP contribution in [0, 0.1) is 46.9 Å². The summed E-state index contributed by atoms with van der Waals surface area (Å²) >= 11 is 0. The molecule has 2 aliphatic carbocycles. The Morgan fingerprint density at radius 1 is 0.806 bits per heavy atom. The minimum absolute atomic E-state index is 0.00781. The van der Waals surface area contributed by atoms with Crippen molar-refractivity contribution in [1.29, 1.82) is 0 Å². The van der Waals surface area contributed by atoms with Gasteiger partial charge in [-0.2, -0.15) is 4.39 Å². The standard InChI is InChI=1S/C30H34F4O2/c1-3-36-26-17-14-23(27(31)30(26)34)9-6-19-4-7-21(8-5-19)24-15-16-25(29(33)28(24)32)22-12-10-20(11-13-22)18(2)35/h14-22,35H,3-5,7-8,10-13H2,1-2H3. The maximum Gasteiger partial charge on any atom is 0.201 e. The Morgan fingerprint density at radius 2 is 1.36 bits per heavy atom. The van der Waals surface area contributed by atoms with Crippen LogP contribution in [0.4, 0.5) is 17.6 Å². The molecule has 2 aromatic rings. The number of aliphatic hydroxyl groups is 1. The third kappa shape index (κ3) is 5.72. The second-order valence-corrected chi connectivity index (χ2v) is 10.2. The van der Waals surface area contributed by atoms with Crippen molar-refractivity contribution in [2.45, 2.75) is 83.2 Å². The van der Waals surface area contributed by atoms with E-state index in [4.69, 9.17) is 4.74 Å². The minimum atomic E-state index is -1.04. The molecule has 4 rings (SSSR count). The van der Waals surface area contributed by atoms with Crippen LogP contribution in [0.25, 0.3) is 0 Å². The van der Waals surface area contributed by atoms with Gasteiger partial charge in [-0.1, -0.05) is 24.0 Å². The van der Waals surface area contributed by atoms with Crippen molar-refractivity contribution in [3.8, 4) is 17.6 Å². The fourth-order valence-electron chi connectivity index (χ4n) is 5.75. The first-order valence-corrected chi connectivity index (χ1v) is 13.1. The molecule has 0 saturated heterocycles. The highest BCUT2D eigenvalue weighted by molar-refractivity contribution is 5.41. The maximum absolute atomic E-state index is 15.1. The van der Waals surface area contributed by atoms with Crippen LogP contribution >= 0.6 is 0 Å². The lowest BCUT2D eigenvalue weighted by molar-refractivity contribution is 0.0963. The van der Waals surface area contributed by atoms with Crippen LogP contribution < -0.4 is 4.74 Å². The molecule has 2 saturated carbocycles. The molecule has 0 aliphatic heterocycles. The first-order valence-electron chi connectivity index (χ1n) is 13.1. The maximum atomic E-state index is 15.1. The van der Waals surface area contributed by atoms with Gasteiger partial charge in [0.25, 0.3) is 0 Å². The van der Waals surface area contributed by atoms with Crippen LogP contribution in [0.5, 0.6) is 5.75 Å². The summed E-state index contributed by atoms with van der Waals surface area (Å²) in [5.41, 5.74) is 0.855. The second kappa shape index (κ2) is 11.7. The molecule has 2 aromatic carbocycles. The molecule has 1 unspecified atom stereocenters. The number of ether oxygens (including phenoxy) is 1. The molecule has 2 aliphatic rings. The van der Waals surface area contributed by atoms with Crippen molar-refractivity contribution < 1.29 is 27.4 Å². The van der Waals surface area contributed by atoms with E-state index in [0.717, 1.165) is 25.7 Å². The van der Waals surface area contributed by atoms with Crippen LogP contribution in [0.3, 0.4) is 0 Å². The number of hydrogen-bond donors (Lipinski definition) is 1. The Balaban J connectivity index is 1.38. The molecule has 0 spiro atoms. The summed E-state index contributed by atoms with van der Waals surface area (Å²) in [6, 6.07) is 6.28. The molecule has 0 heterocycles. The molecule has 0 radical (unpaired) electrons. The summed E-state index contributed by atoms with van der Waals surface area (Å²) < 4.78 is 63.6. The third-order valence-electron chi connectivity index (χ3n) is 7.96. The molecule has 36 heavy (non-hydrogen) atoms. The Morgan fingerprint density at radius 3 is 1.89 bits per heavy atom. The first-order chi connectivity index (χ1) is 17.3. The van der Waals surface area contributed by atoms with Crippen molar-refractivity contribution in [3.63, 3.8) is 0 Å². The second-order valence-electron chi connectivity index (χ2n) is 10.2. The van der Waals surface area contributed by atoms with Crippen LogP contribution in [0.15, 0.2) is 24.3 Å². The smallest absolute Gasteiger partial charge is 0.201 e. The monoisotopic (exact) mass is 502 g/mol. The SMILES string of the molecule is CCOc1ccc(C#CC2CCC(c3ccc(C4CCC(C(C)O)CC4)c(F)c3F)CC2)c(F)c1F. The third-order valence-corrected chi connectivity index (χ3v) is 7.96. The van der Waals surface area contributed by atoms with E-state index < -0.39 is 23.3 Å². The summed E-state index contributed by atoms with van der Waals surface area (Å²) in [4.78, 5) is 0. The molecule has 0 amide bonds. The molecule has 0 aromatic heterocycles. The Kier molecular flexibility index (Phi) is 8.62. The van der Waals surface area contributed by atoms with Gasteiger partial charge in [0.1, 0.15) is 0 Å². The number of aliphatic hydroxyl groups excluding tert-OH is 1. The normalized spacial score (nSPS) is 25.1. The Labute approximate surface area is 211 Å². The molecule has 1 N–H and O–H groups in total. The lowest BCUT2D eigenvalue weighted by atomic mass is 9.75. The molecule has 2 nitrogen and oxygen atoms in total. The van der Waals surface area contributed by atoms with Crippen molar-refractivity contribution >= 4 is 0 Å². The predicted octanol–water partition coefficient (Wildman–Crippen LogP) is 7.62. The van der Waals surface area contributed by atoms with E-state index in [0.29, 0.717) is 36.8 Å². The van der Waals surface area contributed by atoms with E-state index in [2.05, 4.69) is 11.8 Å². The van der Waals surface area contributed by atoms with Gasteiger partial charge in [0.2, 0.25) is 5.82 Å². The highest BCUT2D eigenvalue weighted by Crippen LogP contribution is 2.41. The topological polar surface area (TPSA) is 29.5 Å². The summed E-state index contributed by atoms with van der Waals surface area (Å²) in [7, 11) is 0. The lowest BCUT2D eigenvalue weighted by Gasteiger charge is -2.31. The summed E-state index contributed by atoms with van der Waals surface area (Å²) in [5.74, 6) is 2.25. The van der Waals surface area contributed by atoms with E-state index in [1.165, 1.54) is 12.1 Å². The van der Waals surface area contributed by atoms with Crippen LogP contribution in [-0.4, -0.2) is 17.8 Å². The summed E-state index contributed by atoms with van der Waals surface area (Å²) in [5, 5.41) is 9.80. The van der Waals surface area contributed by atoms with E-state index >= 15 is 8.78 Å². The van der Waals surface area contributed by atoms with Gasteiger partial charge in [-0.25, -0.2) is 13.2 Å². The molecule has 0 bridgehead atoms. The van der Waals surface area contributed by atoms with Gasteiger partial charge in [0, 0.05) is 5.92 Å². The van der Waals surface area contributed by atoms with Crippen LogP contribution in [0.2, 0.25) is 0 Å². The van der Waals surface area contributed by atoms with Gasteiger partial charge in [-0.05, 0) is 106 Å². The fourth-order valence-corrected chi connectivity index (χ4v) is 5.75. The number of rotatable bonds is 5. The number of halogens is 4. The fraction of sp³-hybridized carbons (Fsp3) is 0.533. The Hall–Kier alpha value is -2.52. The molecule has 6 heteroatoms. The van der Waals surface area contributed by atoms with Crippen molar-refractivity contribution in [2.24, 2.45) is 11.8 Å².